The number of halogens is 1. The third-order valence-electron chi connectivity index (χ3n) is 12.4. The molecule has 0 bridgehead atoms. The van der Waals surface area contributed by atoms with Crippen LogP contribution in [0, 0.1) is 66.6 Å². The van der Waals surface area contributed by atoms with Gasteiger partial charge in [0.1, 0.15) is 12.1 Å². The molecule has 1 aliphatic carbocycles. The summed E-state index contributed by atoms with van der Waals surface area (Å²) in [5.41, 5.74) is 8.62. The Morgan fingerprint density at radius 2 is 1.56 bits per heavy atom. The minimum absolute atomic E-state index is 0.0439. The van der Waals surface area contributed by atoms with Crippen molar-refractivity contribution in [2.45, 2.75) is 84.3 Å². The molecule has 4 amide bonds. The van der Waals surface area contributed by atoms with E-state index in [1.54, 1.807) is 17.0 Å². The number of imide groups is 1. The topological polar surface area (TPSA) is 128 Å². The molecule has 298 valence electrons. The molecule has 8 rings (SSSR count). The average molecular weight is 805 g/mol. The van der Waals surface area contributed by atoms with Crippen molar-refractivity contribution in [3.05, 3.63) is 110 Å². The zero-order valence-corrected chi connectivity index (χ0v) is 34.1. The average Bonchev–Trinajstić information content (AvgIpc) is 3.72. The summed E-state index contributed by atoms with van der Waals surface area (Å²) in [7, 11) is 0. The van der Waals surface area contributed by atoms with E-state index in [9.17, 15) is 24.4 Å². The van der Waals surface area contributed by atoms with Gasteiger partial charge < -0.3 is 9.80 Å². The van der Waals surface area contributed by atoms with Crippen LogP contribution in [0.4, 0.5) is 0 Å². The zero-order valence-electron chi connectivity index (χ0n) is 33.3. The number of hydrogen-bond acceptors (Lipinski definition) is 6. The van der Waals surface area contributed by atoms with Crippen LogP contribution in [0.1, 0.15) is 101 Å². The normalized spacial score (nSPS) is 20.5. The van der Waals surface area contributed by atoms with Crippen LogP contribution in [0.2, 0.25) is 5.02 Å². The molecule has 2 saturated heterocycles. The van der Waals surface area contributed by atoms with Crippen molar-refractivity contribution < 1.29 is 19.2 Å². The Labute approximate surface area is 349 Å². The molecule has 11 heteroatoms. The van der Waals surface area contributed by atoms with Crippen LogP contribution >= 0.6 is 11.6 Å². The maximum absolute atomic E-state index is 13.5. The van der Waals surface area contributed by atoms with Crippen LogP contribution in [0.25, 0.3) is 11.3 Å². The number of amides is 4. The molecule has 1 unspecified atom stereocenters. The Morgan fingerprint density at radius 3 is 2.25 bits per heavy atom. The molecule has 59 heavy (non-hydrogen) atoms. The number of benzene rings is 3. The molecular formula is C48H45ClN6O4. The molecule has 3 fully saturated rings. The van der Waals surface area contributed by atoms with Gasteiger partial charge in [-0.05, 0) is 112 Å². The number of aromatic nitrogens is 2. The summed E-state index contributed by atoms with van der Waals surface area (Å²) in [5.74, 6) is 13.3. The van der Waals surface area contributed by atoms with Gasteiger partial charge in [-0.2, -0.15) is 10.4 Å². The fourth-order valence-electron chi connectivity index (χ4n) is 8.67. The monoisotopic (exact) mass is 804 g/mol. The summed E-state index contributed by atoms with van der Waals surface area (Å²) < 4.78 is 2.00. The van der Waals surface area contributed by atoms with Gasteiger partial charge >= 0.3 is 0 Å². The van der Waals surface area contributed by atoms with Crippen LogP contribution in [0.3, 0.4) is 0 Å². The predicted octanol–water partition coefficient (Wildman–Crippen LogP) is 6.95. The van der Waals surface area contributed by atoms with Crippen LogP contribution in [0.15, 0.2) is 60.7 Å². The Balaban J connectivity index is 0.787. The number of piperidine rings is 2. The number of nitrogens with one attached hydrogen (secondary N) is 1. The largest absolute Gasteiger partial charge is 0.342 e. The first-order valence-corrected chi connectivity index (χ1v) is 20.8. The van der Waals surface area contributed by atoms with Gasteiger partial charge in [0.05, 0.1) is 22.8 Å². The molecular weight excluding hydrogens is 760 g/mol. The minimum Gasteiger partial charge on any atom is -0.342 e. The molecule has 4 aromatic rings. The number of nitrogens with zero attached hydrogens (tertiary/aromatic N) is 5. The second-order valence-electron chi connectivity index (χ2n) is 16.2. The van der Waals surface area contributed by atoms with Crippen molar-refractivity contribution in [1.29, 1.82) is 5.26 Å². The lowest BCUT2D eigenvalue weighted by atomic mass is 9.81. The lowest BCUT2D eigenvalue weighted by Gasteiger charge is -2.34. The number of nitriles is 1. The summed E-state index contributed by atoms with van der Waals surface area (Å²) in [6.45, 7) is 6.48. The Hall–Kier alpha value is -6.15. The van der Waals surface area contributed by atoms with E-state index in [2.05, 4.69) is 73.2 Å². The highest BCUT2D eigenvalue weighted by Gasteiger charge is 2.39. The standard InChI is InChI=1S/C48H45ClN6O4/c1-30-31(2)55(52-45(30)38-17-18-39(27-50)42(49)26-38)28-36-9-6-32(7-10-36)3-4-33-11-14-37(15-12-33)47(58)53-23-21-34(22-24-53)5-8-35-13-16-40-29-54(48(59)41(40)25-35)43-19-20-44(56)51-46(43)57/h6-7,9-10,13,16-18,25-26,33-34,37,43H,11-12,14-15,19-24,28-29H2,1-2H3,(H,51,56,57)/t33-,37-,43?. The number of carbonyl (C=O) groups excluding carboxylic acids is 4. The van der Waals surface area contributed by atoms with Crippen LogP contribution in [-0.4, -0.2) is 62.3 Å². The summed E-state index contributed by atoms with van der Waals surface area (Å²) >= 11 is 6.30. The molecule has 1 N–H and O–H groups in total. The van der Waals surface area contributed by atoms with Gasteiger partial charge in [0.25, 0.3) is 5.91 Å². The van der Waals surface area contributed by atoms with E-state index in [0.717, 1.165) is 83.3 Å². The van der Waals surface area contributed by atoms with Gasteiger partial charge in [-0.25, -0.2) is 0 Å². The van der Waals surface area contributed by atoms with E-state index < -0.39 is 11.9 Å². The van der Waals surface area contributed by atoms with E-state index in [1.165, 1.54) is 0 Å². The van der Waals surface area contributed by atoms with E-state index in [0.29, 0.717) is 48.7 Å². The fourth-order valence-corrected chi connectivity index (χ4v) is 8.90. The third-order valence-corrected chi connectivity index (χ3v) is 12.7. The van der Waals surface area contributed by atoms with E-state index in [1.807, 2.05) is 33.8 Å². The van der Waals surface area contributed by atoms with Crippen molar-refractivity contribution in [1.82, 2.24) is 24.9 Å². The van der Waals surface area contributed by atoms with Gasteiger partial charge in [0, 0.05) is 71.8 Å². The van der Waals surface area contributed by atoms with E-state index in [-0.39, 0.29) is 41.9 Å². The van der Waals surface area contributed by atoms with Crippen molar-refractivity contribution in [3.63, 3.8) is 0 Å². The first-order chi connectivity index (χ1) is 28.5. The SMILES string of the molecule is Cc1c(-c2ccc(C#N)c(Cl)c2)nn(Cc2ccc(C#C[C@H]3CC[C@H](C(=O)N4CCC(C#Cc5ccc6c(c5)C(=O)N(C5CCC(=O)NC5=O)C6)CC4)CC3)cc2)c1C. The number of rotatable bonds is 5. The highest BCUT2D eigenvalue weighted by atomic mass is 35.5. The molecule has 4 aliphatic rings. The van der Waals surface area contributed by atoms with Crippen molar-refractivity contribution in [3.8, 4) is 41.0 Å². The Bertz CT molecular complexity index is 2510. The lowest BCUT2D eigenvalue weighted by molar-refractivity contribution is -0.138. The van der Waals surface area contributed by atoms with Crippen LogP contribution in [-0.2, 0) is 27.5 Å². The van der Waals surface area contributed by atoms with E-state index >= 15 is 0 Å². The number of hydrogen-bond donors (Lipinski definition) is 1. The molecule has 1 saturated carbocycles. The highest BCUT2D eigenvalue weighted by Crippen LogP contribution is 2.33. The Kier molecular flexibility index (Phi) is 11.4. The maximum atomic E-state index is 13.5. The molecule has 3 aliphatic heterocycles. The van der Waals surface area contributed by atoms with Gasteiger partial charge in [0.15, 0.2) is 0 Å². The minimum atomic E-state index is -0.635. The van der Waals surface area contributed by atoms with Crippen LogP contribution < -0.4 is 5.32 Å². The smallest absolute Gasteiger partial charge is 0.255 e. The molecule has 10 nitrogen and oxygen atoms in total. The number of likely N-dealkylation sites (tertiary alicyclic amines) is 1. The van der Waals surface area contributed by atoms with Crippen molar-refractivity contribution in [2.75, 3.05) is 13.1 Å². The third kappa shape index (κ3) is 8.54. The summed E-state index contributed by atoms with van der Waals surface area (Å²) in [6, 6.07) is 20.8. The predicted molar refractivity (Wildman–Crippen MR) is 223 cm³/mol. The van der Waals surface area contributed by atoms with Gasteiger partial charge in [0.2, 0.25) is 17.7 Å². The fraction of sp³-hybridized carbons (Fsp3) is 0.375. The second-order valence-corrected chi connectivity index (χ2v) is 16.6. The zero-order chi connectivity index (χ0) is 41.2. The van der Waals surface area contributed by atoms with Crippen molar-refractivity contribution in [2.24, 2.45) is 17.8 Å². The molecule has 0 radical (unpaired) electrons. The van der Waals surface area contributed by atoms with Gasteiger partial charge in [-0.3, -0.25) is 29.2 Å². The van der Waals surface area contributed by atoms with E-state index in [4.69, 9.17) is 16.7 Å². The van der Waals surface area contributed by atoms with Crippen molar-refractivity contribution >= 4 is 35.2 Å². The van der Waals surface area contributed by atoms with Gasteiger partial charge in [-0.1, -0.05) is 59.5 Å². The second kappa shape index (κ2) is 17.0. The number of fused-ring (bicyclic) bond motifs is 1. The summed E-state index contributed by atoms with van der Waals surface area (Å²) in [5, 5.41) is 16.9. The molecule has 3 aromatic carbocycles. The number of carbonyl (C=O) groups is 4. The summed E-state index contributed by atoms with van der Waals surface area (Å²) in [4.78, 5) is 54.2. The van der Waals surface area contributed by atoms with Gasteiger partial charge in [-0.15, -0.1) is 0 Å². The first-order valence-electron chi connectivity index (χ1n) is 20.5. The molecule has 4 heterocycles. The lowest BCUT2D eigenvalue weighted by Crippen LogP contribution is -2.52. The quantitative estimate of drug-likeness (QED) is 0.172. The first kappa shape index (κ1) is 39.7. The maximum Gasteiger partial charge on any atom is 0.255 e. The molecule has 1 aromatic heterocycles. The Morgan fingerprint density at radius 1 is 0.864 bits per heavy atom. The van der Waals surface area contributed by atoms with Crippen LogP contribution in [0.5, 0.6) is 0 Å². The molecule has 1 atom stereocenters. The summed E-state index contributed by atoms with van der Waals surface area (Å²) in [6.07, 6.45) is 5.75. The highest BCUT2D eigenvalue weighted by molar-refractivity contribution is 6.32. The molecule has 0 spiro atoms.